The maximum atomic E-state index is 4.48. The first-order valence-electron chi connectivity index (χ1n) is 7.23. The molecule has 1 N–H and O–H groups in total. The summed E-state index contributed by atoms with van der Waals surface area (Å²) in [6.45, 7) is 0. The summed E-state index contributed by atoms with van der Waals surface area (Å²) in [5.74, 6) is 1.11. The Labute approximate surface area is 104 Å². The van der Waals surface area contributed by atoms with Crippen LogP contribution in [0.2, 0.25) is 0 Å². The molecule has 2 saturated carbocycles. The van der Waals surface area contributed by atoms with Gasteiger partial charge < -0.3 is 9.88 Å². The van der Waals surface area contributed by atoms with Gasteiger partial charge in [-0.2, -0.15) is 0 Å². The van der Waals surface area contributed by atoms with Crippen molar-refractivity contribution in [3.8, 4) is 0 Å². The van der Waals surface area contributed by atoms with Gasteiger partial charge in [-0.1, -0.05) is 32.1 Å². The Bertz CT molecular complexity index is 346. The molecule has 1 heterocycles. The first kappa shape index (κ1) is 11.1. The van der Waals surface area contributed by atoms with Crippen molar-refractivity contribution in [3.05, 3.63) is 12.4 Å². The molecule has 0 saturated heterocycles. The molecule has 2 aliphatic rings. The Hall–Kier alpha value is -0.990. The molecule has 0 spiro atoms. The van der Waals surface area contributed by atoms with Crippen LogP contribution in [0.3, 0.4) is 0 Å². The predicted octanol–water partition coefficient (Wildman–Crippen LogP) is 3.74. The van der Waals surface area contributed by atoms with Crippen LogP contribution < -0.4 is 5.32 Å². The first-order chi connectivity index (χ1) is 8.43. The number of nitrogens with zero attached hydrogens (tertiary/aromatic N) is 2. The van der Waals surface area contributed by atoms with Gasteiger partial charge in [-0.15, -0.1) is 0 Å². The Kier molecular flexibility index (Phi) is 3.34. The number of imidazole rings is 1. The highest BCUT2D eigenvalue weighted by molar-refractivity contribution is 5.29. The zero-order valence-electron chi connectivity index (χ0n) is 10.6. The largest absolute Gasteiger partial charge is 0.353 e. The minimum Gasteiger partial charge on any atom is -0.353 e. The van der Waals surface area contributed by atoms with Crippen molar-refractivity contribution in [2.24, 2.45) is 0 Å². The zero-order valence-corrected chi connectivity index (χ0v) is 10.6. The lowest BCUT2D eigenvalue weighted by atomic mass is 9.97. The first-order valence-corrected chi connectivity index (χ1v) is 7.23. The molecule has 17 heavy (non-hydrogen) atoms. The quantitative estimate of drug-likeness (QED) is 0.861. The summed E-state index contributed by atoms with van der Waals surface area (Å²) in [4.78, 5) is 4.48. The van der Waals surface area contributed by atoms with Gasteiger partial charge in [-0.25, -0.2) is 4.98 Å². The highest BCUT2D eigenvalue weighted by Gasteiger charge is 2.26. The van der Waals surface area contributed by atoms with Crippen molar-refractivity contribution in [3.63, 3.8) is 0 Å². The third kappa shape index (κ3) is 2.82. The smallest absolute Gasteiger partial charge is 0.203 e. The summed E-state index contributed by atoms with van der Waals surface area (Å²) < 4.78 is 2.33. The second kappa shape index (κ2) is 5.11. The molecule has 2 fully saturated rings. The lowest BCUT2D eigenvalue weighted by Crippen LogP contribution is -2.22. The van der Waals surface area contributed by atoms with E-state index in [0.29, 0.717) is 6.04 Å². The summed E-state index contributed by atoms with van der Waals surface area (Å²) in [6, 6.07) is 1.38. The van der Waals surface area contributed by atoms with Gasteiger partial charge in [0.15, 0.2) is 0 Å². The fourth-order valence-electron chi connectivity index (χ4n) is 2.86. The molecule has 3 rings (SSSR count). The van der Waals surface area contributed by atoms with E-state index in [4.69, 9.17) is 0 Å². The number of aromatic nitrogens is 2. The predicted molar refractivity (Wildman–Crippen MR) is 70.2 cm³/mol. The fraction of sp³-hybridized carbons (Fsp3) is 0.786. The average molecular weight is 233 g/mol. The van der Waals surface area contributed by atoms with Crippen molar-refractivity contribution < 1.29 is 0 Å². The fourth-order valence-corrected chi connectivity index (χ4v) is 2.86. The lowest BCUT2D eigenvalue weighted by Gasteiger charge is -2.22. The van der Waals surface area contributed by atoms with E-state index in [2.05, 4.69) is 21.1 Å². The molecule has 0 atom stereocenters. The topological polar surface area (TPSA) is 29.9 Å². The van der Waals surface area contributed by atoms with Crippen molar-refractivity contribution in [2.45, 2.75) is 69.9 Å². The van der Waals surface area contributed by atoms with E-state index in [1.165, 1.54) is 57.8 Å². The van der Waals surface area contributed by atoms with Crippen molar-refractivity contribution in [2.75, 3.05) is 5.32 Å². The molecule has 0 bridgehead atoms. The second-order valence-electron chi connectivity index (χ2n) is 5.58. The van der Waals surface area contributed by atoms with Gasteiger partial charge in [0, 0.05) is 24.5 Å². The van der Waals surface area contributed by atoms with E-state index in [1.54, 1.807) is 0 Å². The molecule has 0 radical (unpaired) electrons. The van der Waals surface area contributed by atoms with Crippen molar-refractivity contribution >= 4 is 5.95 Å². The third-order valence-electron chi connectivity index (χ3n) is 4.05. The summed E-state index contributed by atoms with van der Waals surface area (Å²) in [6.07, 6.45) is 16.4. The molecule has 94 valence electrons. The molecule has 0 aliphatic heterocycles. The average Bonchev–Trinajstić information content (AvgIpc) is 3.03. The number of anilines is 1. The third-order valence-corrected chi connectivity index (χ3v) is 4.05. The van der Waals surface area contributed by atoms with E-state index in [1.807, 2.05) is 6.20 Å². The van der Waals surface area contributed by atoms with Gasteiger partial charge in [0.1, 0.15) is 0 Å². The van der Waals surface area contributed by atoms with Gasteiger partial charge >= 0.3 is 0 Å². The Morgan fingerprint density at radius 3 is 2.41 bits per heavy atom. The van der Waals surface area contributed by atoms with E-state index in [0.717, 1.165) is 12.0 Å². The monoisotopic (exact) mass is 233 g/mol. The van der Waals surface area contributed by atoms with Crippen LogP contribution >= 0.6 is 0 Å². The van der Waals surface area contributed by atoms with E-state index < -0.39 is 0 Å². The van der Waals surface area contributed by atoms with Crippen LogP contribution in [0, 0.1) is 0 Å². The number of hydrogen-bond donors (Lipinski definition) is 1. The van der Waals surface area contributed by atoms with E-state index in [-0.39, 0.29) is 0 Å². The maximum absolute atomic E-state index is 4.48. The molecule has 0 unspecified atom stereocenters. The molecular weight excluding hydrogens is 210 g/mol. The number of nitrogens with one attached hydrogen (secondary N) is 1. The van der Waals surface area contributed by atoms with Crippen molar-refractivity contribution in [1.29, 1.82) is 0 Å². The SMILES string of the molecule is c1cn(C2CC2)c(NC2CCCCCCC2)n1. The zero-order chi connectivity index (χ0) is 11.5. The Morgan fingerprint density at radius 1 is 1.00 bits per heavy atom. The second-order valence-corrected chi connectivity index (χ2v) is 5.58. The highest BCUT2D eigenvalue weighted by Crippen LogP contribution is 2.37. The van der Waals surface area contributed by atoms with E-state index >= 15 is 0 Å². The van der Waals surface area contributed by atoms with Gasteiger partial charge in [-0.05, 0) is 25.7 Å². The lowest BCUT2D eigenvalue weighted by molar-refractivity contribution is 0.468. The van der Waals surface area contributed by atoms with Crippen LogP contribution in [0.1, 0.15) is 63.8 Å². The normalized spacial score (nSPS) is 23.1. The number of hydrogen-bond acceptors (Lipinski definition) is 2. The van der Waals surface area contributed by atoms with Gasteiger partial charge in [0.25, 0.3) is 0 Å². The highest BCUT2D eigenvalue weighted by atomic mass is 15.2. The molecule has 1 aromatic rings. The van der Waals surface area contributed by atoms with Crippen LogP contribution in [0.4, 0.5) is 5.95 Å². The minimum atomic E-state index is 0.648. The van der Waals surface area contributed by atoms with Gasteiger partial charge in [-0.3, -0.25) is 0 Å². The molecule has 0 aromatic carbocycles. The Balaban J connectivity index is 1.61. The minimum absolute atomic E-state index is 0.648. The molecular formula is C14H23N3. The summed E-state index contributed by atoms with van der Waals surface area (Å²) in [5.41, 5.74) is 0. The standard InChI is InChI=1S/C14H23N3/c1-2-4-6-12(7-5-3-1)16-14-15-10-11-17(14)13-8-9-13/h10-13H,1-9H2,(H,15,16). The Morgan fingerprint density at radius 2 is 1.71 bits per heavy atom. The summed E-state index contributed by atoms with van der Waals surface area (Å²) in [5, 5.41) is 3.67. The molecule has 2 aliphatic carbocycles. The number of rotatable bonds is 3. The van der Waals surface area contributed by atoms with Crippen molar-refractivity contribution in [1.82, 2.24) is 9.55 Å². The van der Waals surface area contributed by atoms with Crippen LogP contribution in [0.25, 0.3) is 0 Å². The molecule has 0 amide bonds. The molecule has 3 nitrogen and oxygen atoms in total. The summed E-state index contributed by atoms with van der Waals surface area (Å²) >= 11 is 0. The van der Waals surface area contributed by atoms with Gasteiger partial charge in [0.05, 0.1) is 0 Å². The van der Waals surface area contributed by atoms with E-state index in [9.17, 15) is 0 Å². The molecule has 3 heteroatoms. The summed E-state index contributed by atoms with van der Waals surface area (Å²) in [7, 11) is 0. The van der Waals surface area contributed by atoms with Crippen LogP contribution in [-0.2, 0) is 0 Å². The van der Waals surface area contributed by atoms with Gasteiger partial charge in [0.2, 0.25) is 5.95 Å². The van der Waals surface area contributed by atoms with Crippen LogP contribution in [0.5, 0.6) is 0 Å². The molecule has 1 aromatic heterocycles. The van der Waals surface area contributed by atoms with Crippen LogP contribution in [-0.4, -0.2) is 15.6 Å². The van der Waals surface area contributed by atoms with Crippen LogP contribution in [0.15, 0.2) is 12.4 Å². The maximum Gasteiger partial charge on any atom is 0.203 e.